The SMILES string of the molecule is Fc1ccc(Br)cc1NC1CCCCC1C1CCCCC1. The standard InChI is InChI=1S/C18H25BrFN/c19-14-10-11-16(20)18(12-14)21-17-9-5-4-8-15(17)13-6-2-1-3-7-13/h10-13,15,17,21H,1-9H2. The zero-order chi connectivity index (χ0) is 14.7. The van der Waals surface area contributed by atoms with E-state index in [0.29, 0.717) is 11.7 Å². The van der Waals surface area contributed by atoms with Crippen LogP contribution >= 0.6 is 15.9 Å². The van der Waals surface area contributed by atoms with Crippen LogP contribution < -0.4 is 5.32 Å². The summed E-state index contributed by atoms with van der Waals surface area (Å²) in [5, 5.41) is 3.53. The second kappa shape index (κ2) is 7.13. The third-order valence-corrected chi connectivity index (χ3v) is 5.84. The number of rotatable bonds is 3. The first-order valence-electron chi connectivity index (χ1n) is 8.45. The van der Waals surface area contributed by atoms with Crippen molar-refractivity contribution in [3.63, 3.8) is 0 Å². The first-order valence-corrected chi connectivity index (χ1v) is 9.25. The topological polar surface area (TPSA) is 12.0 Å². The van der Waals surface area contributed by atoms with Crippen molar-refractivity contribution in [2.24, 2.45) is 11.8 Å². The van der Waals surface area contributed by atoms with Gasteiger partial charge in [-0.2, -0.15) is 0 Å². The highest BCUT2D eigenvalue weighted by Gasteiger charge is 2.32. The van der Waals surface area contributed by atoms with E-state index in [1.165, 1.54) is 57.8 Å². The van der Waals surface area contributed by atoms with Crippen molar-refractivity contribution >= 4 is 21.6 Å². The molecule has 1 aromatic carbocycles. The van der Waals surface area contributed by atoms with Crippen molar-refractivity contribution in [2.45, 2.75) is 63.8 Å². The van der Waals surface area contributed by atoms with Crippen molar-refractivity contribution in [1.82, 2.24) is 0 Å². The molecule has 116 valence electrons. The zero-order valence-corrected chi connectivity index (χ0v) is 14.2. The maximum Gasteiger partial charge on any atom is 0.146 e. The van der Waals surface area contributed by atoms with Gasteiger partial charge in [-0.1, -0.05) is 60.9 Å². The normalized spacial score (nSPS) is 27.5. The fourth-order valence-electron chi connectivity index (χ4n) is 4.27. The minimum Gasteiger partial charge on any atom is -0.380 e. The van der Waals surface area contributed by atoms with E-state index < -0.39 is 0 Å². The van der Waals surface area contributed by atoms with Gasteiger partial charge < -0.3 is 5.32 Å². The molecule has 2 aliphatic carbocycles. The molecule has 1 N–H and O–H groups in total. The predicted molar refractivity (Wildman–Crippen MR) is 90.0 cm³/mol. The first-order chi connectivity index (χ1) is 10.2. The van der Waals surface area contributed by atoms with Gasteiger partial charge in [-0.15, -0.1) is 0 Å². The Morgan fingerprint density at radius 2 is 1.67 bits per heavy atom. The van der Waals surface area contributed by atoms with E-state index in [1.807, 2.05) is 6.07 Å². The van der Waals surface area contributed by atoms with Crippen molar-refractivity contribution in [2.75, 3.05) is 5.32 Å². The van der Waals surface area contributed by atoms with Gasteiger partial charge in [-0.25, -0.2) is 4.39 Å². The summed E-state index contributed by atoms with van der Waals surface area (Å²) in [7, 11) is 0. The van der Waals surface area contributed by atoms with Gasteiger partial charge in [0.15, 0.2) is 0 Å². The van der Waals surface area contributed by atoms with Crippen LogP contribution in [0.25, 0.3) is 0 Å². The first kappa shape index (κ1) is 15.3. The second-order valence-electron chi connectivity index (χ2n) is 6.72. The highest BCUT2D eigenvalue weighted by atomic mass is 79.9. The van der Waals surface area contributed by atoms with E-state index in [2.05, 4.69) is 21.2 Å². The van der Waals surface area contributed by atoms with E-state index in [4.69, 9.17) is 0 Å². The second-order valence-corrected chi connectivity index (χ2v) is 7.64. The van der Waals surface area contributed by atoms with E-state index in [0.717, 1.165) is 16.3 Å². The van der Waals surface area contributed by atoms with Crippen LogP contribution in [0.4, 0.5) is 10.1 Å². The molecule has 2 saturated carbocycles. The molecule has 0 bridgehead atoms. The van der Waals surface area contributed by atoms with E-state index in [-0.39, 0.29) is 5.82 Å². The average molecular weight is 354 g/mol. The lowest BCUT2D eigenvalue weighted by Gasteiger charge is -2.40. The molecule has 0 aromatic heterocycles. The zero-order valence-electron chi connectivity index (χ0n) is 12.6. The molecule has 1 aromatic rings. The number of hydrogen-bond donors (Lipinski definition) is 1. The number of benzene rings is 1. The highest BCUT2D eigenvalue weighted by Crippen LogP contribution is 2.39. The fraction of sp³-hybridized carbons (Fsp3) is 0.667. The van der Waals surface area contributed by atoms with Gasteiger partial charge in [-0.3, -0.25) is 0 Å². The molecular weight excluding hydrogens is 329 g/mol. The third-order valence-electron chi connectivity index (χ3n) is 5.34. The van der Waals surface area contributed by atoms with E-state index in [1.54, 1.807) is 12.1 Å². The largest absolute Gasteiger partial charge is 0.380 e. The molecular formula is C18H25BrFN. The van der Waals surface area contributed by atoms with Crippen LogP contribution in [-0.4, -0.2) is 6.04 Å². The van der Waals surface area contributed by atoms with Crippen molar-refractivity contribution in [3.05, 3.63) is 28.5 Å². The molecule has 0 amide bonds. The number of hydrogen-bond acceptors (Lipinski definition) is 1. The lowest BCUT2D eigenvalue weighted by atomic mass is 9.71. The smallest absolute Gasteiger partial charge is 0.146 e. The van der Waals surface area contributed by atoms with Gasteiger partial charge in [0.2, 0.25) is 0 Å². The lowest BCUT2D eigenvalue weighted by Crippen LogP contribution is -2.37. The van der Waals surface area contributed by atoms with E-state index >= 15 is 0 Å². The van der Waals surface area contributed by atoms with Gasteiger partial charge in [0.05, 0.1) is 5.69 Å². The molecule has 21 heavy (non-hydrogen) atoms. The van der Waals surface area contributed by atoms with Crippen LogP contribution in [0, 0.1) is 17.7 Å². The average Bonchev–Trinajstić information content (AvgIpc) is 2.52. The maximum absolute atomic E-state index is 14.0. The van der Waals surface area contributed by atoms with Crippen LogP contribution in [0.15, 0.2) is 22.7 Å². The molecule has 2 unspecified atom stereocenters. The molecule has 0 radical (unpaired) electrons. The van der Waals surface area contributed by atoms with Crippen molar-refractivity contribution < 1.29 is 4.39 Å². The summed E-state index contributed by atoms with van der Waals surface area (Å²) >= 11 is 3.45. The fourth-order valence-corrected chi connectivity index (χ4v) is 4.63. The summed E-state index contributed by atoms with van der Waals surface area (Å²) in [6.45, 7) is 0. The summed E-state index contributed by atoms with van der Waals surface area (Å²) in [5.41, 5.74) is 0.664. The molecule has 0 heterocycles. The number of nitrogens with one attached hydrogen (secondary N) is 1. The highest BCUT2D eigenvalue weighted by molar-refractivity contribution is 9.10. The van der Waals surface area contributed by atoms with Crippen LogP contribution in [0.5, 0.6) is 0 Å². The third kappa shape index (κ3) is 3.80. The predicted octanol–water partition coefficient (Wildman–Crippen LogP) is 6.14. The molecule has 0 aliphatic heterocycles. The molecule has 1 nitrogen and oxygen atoms in total. The molecule has 3 heteroatoms. The van der Waals surface area contributed by atoms with Crippen LogP contribution in [0.3, 0.4) is 0 Å². The quantitative estimate of drug-likeness (QED) is 0.687. The number of anilines is 1. The van der Waals surface area contributed by atoms with Gasteiger partial charge in [0.1, 0.15) is 5.82 Å². The Labute approximate surface area is 135 Å². The van der Waals surface area contributed by atoms with Crippen LogP contribution in [-0.2, 0) is 0 Å². The molecule has 2 aliphatic rings. The van der Waals surface area contributed by atoms with Crippen LogP contribution in [0.1, 0.15) is 57.8 Å². The Balaban J connectivity index is 1.73. The van der Waals surface area contributed by atoms with Crippen LogP contribution in [0.2, 0.25) is 0 Å². The number of halogens is 2. The van der Waals surface area contributed by atoms with E-state index in [9.17, 15) is 4.39 Å². The minimum absolute atomic E-state index is 0.133. The summed E-state index contributed by atoms with van der Waals surface area (Å²) in [6.07, 6.45) is 12.1. The summed E-state index contributed by atoms with van der Waals surface area (Å²) in [6, 6.07) is 5.64. The summed E-state index contributed by atoms with van der Waals surface area (Å²) in [5.74, 6) is 1.45. The van der Waals surface area contributed by atoms with Gasteiger partial charge >= 0.3 is 0 Å². The van der Waals surface area contributed by atoms with Gasteiger partial charge in [0.25, 0.3) is 0 Å². The minimum atomic E-state index is -0.133. The lowest BCUT2D eigenvalue weighted by molar-refractivity contribution is 0.180. The Kier molecular flexibility index (Phi) is 5.20. The van der Waals surface area contributed by atoms with Gasteiger partial charge in [-0.05, 0) is 42.9 Å². The molecule has 0 spiro atoms. The van der Waals surface area contributed by atoms with Crippen molar-refractivity contribution in [1.29, 1.82) is 0 Å². The molecule has 2 atom stereocenters. The molecule has 0 saturated heterocycles. The molecule has 2 fully saturated rings. The monoisotopic (exact) mass is 353 g/mol. The van der Waals surface area contributed by atoms with Gasteiger partial charge in [0, 0.05) is 10.5 Å². The Bertz CT molecular complexity index is 470. The molecule has 3 rings (SSSR count). The Morgan fingerprint density at radius 1 is 0.952 bits per heavy atom. The summed E-state index contributed by atoms with van der Waals surface area (Å²) in [4.78, 5) is 0. The maximum atomic E-state index is 14.0. The van der Waals surface area contributed by atoms with Crippen molar-refractivity contribution in [3.8, 4) is 0 Å². The Morgan fingerprint density at radius 3 is 2.48 bits per heavy atom. The Hall–Kier alpha value is -0.570. The summed E-state index contributed by atoms with van der Waals surface area (Å²) < 4.78 is 15.0.